The molecule has 0 aliphatic rings. The lowest BCUT2D eigenvalue weighted by molar-refractivity contribution is 0.0690. The van der Waals surface area contributed by atoms with Gasteiger partial charge < -0.3 is 10.4 Å². The molecule has 0 spiro atoms. The highest BCUT2D eigenvalue weighted by atomic mass is 16.4. The van der Waals surface area contributed by atoms with Crippen LogP contribution in [0.15, 0.2) is 18.2 Å². The Morgan fingerprint density at radius 1 is 1.33 bits per heavy atom. The topological polar surface area (TPSA) is 79.3 Å². The van der Waals surface area contributed by atoms with Crippen LogP contribution in [0.3, 0.4) is 0 Å². The van der Waals surface area contributed by atoms with Crippen molar-refractivity contribution in [3.05, 3.63) is 29.6 Å². The van der Waals surface area contributed by atoms with Gasteiger partial charge in [0.25, 0.3) is 5.91 Å². The molecule has 0 radical (unpaired) electrons. The average molecular weight is 250 g/mol. The number of aromatic carboxylic acids is 1. The first-order valence-electron chi connectivity index (χ1n) is 5.84. The van der Waals surface area contributed by atoms with Gasteiger partial charge >= 0.3 is 5.97 Å². The van der Waals surface area contributed by atoms with Gasteiger partial charge in [-0.1, -0.05) is 26.8 Å². The molecule has 0 aromatic carbocycles. The minimum Gasteiger partial charge on any atom is -0.477 e. The first kappa shape index (κ1) is 14.2. The van der Waals surface area contributed by atoms with Crippen molar-refractivity contribution in [2.24, 2.45) is 5.41 Å². The lowest BCUT2D eigenvalue weighted by Gasteiger charge is -2.22. The third-order valence-electron chi connectivity index (χ3n) is 2.89. The lowest BCUT2D eigenvalue weighted by atomic mass is 9.90. The van der Waals surface area contributed by atoms with Gasteiger partial charge in [0, 0.05) is 6.54 Å². The van der Waals surface area contributed by atoms with E-state index in [0.29, 0.717) is 6.54 Å². The Balaban J connectivity index is 2.73. The first-order valence-corrected chi connectivity index (χ1v) is 5.84. The maximum atomic E-state index is 11.8. The number of carboxylic acid groups (broad SMARTS) is 1. The van der Waals surface area contributed by atoms with Crippen molar-refractivity contribution in [1.82, 2.24) is 10.3 Å². The number of carbonyl (C=O) groups is 2. The lowest BCUT2D eigenvalue weighted by Crippen LogP contribution is -2.34. The van der Waals surface area contributed by atoms with E-state index in [2.05, 4.69) is 17.2 Å². The van der Waals surface area contributed by atoms with Crippen molar-refractivity contribution in [1.29, 1.82) is 0 Å². The molecule has 1 aromatic rings. The van der Waals surface area contributed by atoms with Gasteiger partial charge in [-0.2, -0.15) is 0 Å². The zero-order chi connectivity index (χ0) is 13.8. The monoisotopic (exact) mass is 250 g/mol. The van der Waals surface area contributed by atoms with Gasteiger partial charge in [-0.3, -0.25) is 4.79 Å². The second-order valence-corrected chi connectivity index (χ2v) is 4.91. The fourth-order valence-corrected chi connectivity index (χ4v) is 1.22. The first-order chi connectivity index (χ1) is 8.35. The minimum atomic E-state index is -1.14. The molecule has 1 heterocycles. The second-order valence-electron chi connectivity index (χ2n) is 4.91. The Labute approximate surface area is 106 Å². The number of amides is 1. The van der Waals surface area contributed by atoms with Crippen molar-refractivity contribution in [2.45, 2.75) is 27.2 Å². The van der Waals surface area contributed by atoms with Gasteiger partial charge in [0.15, 0.2) is 0 Å². The standard InChI is InChI=1S/C13H18N2O3/c1-4-13(2,3)8-14-11(16)9-6-5-7-10(15-9)12(17)18/h5-7H,4,8H2,1-3H3,(H,14,16)(H,17,18). The Bertz CT molecular complexity index is 455. The molecular formula is C13H18N2O3. The summed E-state index contributed by atoms with van der Waals surface area (Å²) in [6.45, 7) is 6.68. The fourth-order valence-electron chi connectivity index (χ4n) is 1.22. The summed E-state index contributed by atoms with van der Waals surface area (Å²) in [5.41, 5.74) is 0.0132. The van der Waals surface area contributed by atoms with Crippen LogP contribution in [0.5, 0.6) is 0 Å². The van der Waals surface area contributed by atoms with E-state index in [0.717, 1.165) is 6.42 Å². The molecule has 98 valence electrons. The molecule has 0 aliphatic carbocycles. The zero-order valence-corrected chi connectivity index (χ0v) is 10.9. The van der Waals surface area contributed by atoms with E-state index in [9.17, 15) is 9.59 Å². The molecule has 0 bridgehead atoms. The number of pyridine rings is 1. The smallest absolute Gasteiger partial charge is 0.354 e. The third kappa shape index (κ3) is 3.84. The summed E-state index contributed by atoms with van der Waals surface area (Å²) < 4.78 is 0. The van der Waals surface area contributed by atoms with Crippen molar-refractivity contribution in [3.63, 3.8) is 0 Å². The van der Waals surface area contributed by atoms with Crippen molar-refractivity contribution >= 4 is 11.9 Å². The van der Waals surface area contributed by atoms with Crippen LogP contribution in [0.4, 0.5) is 0 Å². The third-order valence-corrected chi connectivity index (χ3v) is 2.89. The summed E-state index contributed by atoms with van der Waals surface area (Å²) in [6, 6.07) is 4.37. The van der Waals surface area contributed by atoms with Crippen LogP contribution in [0.25, 0.3) is 0 Å². The van der Waals surface area contributed by atoms with Gasteiger partial charge in [0.2, 0.25) is 0 Å². The van der Waals surface area contributed by atoms with E-state index in [4.69, 9.17) is 5.11 Å². The van der Waals surface area contributed by atoms with Gasteiger partial charge in [0.05, 0.1) is 0 Å². The van der Waals surface area contributed by atoms with Crippen molar-refractivity contribution in [2.75, 3.05) is 6.54 Å². The molecule has 1 amide bonds. The summed E-state index contributed by atoms with van der Waals surface area (Å²) in [5, 5.41) is 11.6. The zero-order valence-electron chi connectivity index (χ0n) is 10.9. The van der Waals surface area contributed by atoms with E-state index in [1.165, 1.54) is 18.2 Å². The molecule has 18 heavy (non-hydrogen) atoms. The van der Waals surface area contributed by atoms with Crippen molar-refractivity contribution in [3.8, 4) is 0 Å². The molecule has 0 atom stereocenters. The maximum Gasteiger partial charge on any atom is 0.354 e. The Morgan fingerprint density at radius 3 is 2.50 bits per heavy atom. The number of nitrogens with one attached hydrogen (secondary N) is 1. The molecule has 5 nitrogen and oxygen atoms in total. The Hall–Kier alpha value is -1.91. The minimum absolute atomic E-state index is 0.0140. The van der Waals surface area contributed by atoms with Crippen LogP contribution in [-0.4, -0.2) is 28.5 Å². The van der Waals surface area contributed by atoms with Crippen LogP contribution in [0.2, 0.25) is 0 Å². The number of aromatic nitrogens is 1. The number of hydrogen-bond donors (Lipinski definition) is 2. The molecule has 5 heteroatoms. The molecule has 1 rings (SSSR count). The normalized spacial score (nSPS) is 11.1. The number of carboxylic acids is 1. The predicted octanol–water partition coefficient (Wildman–Crippen LogP) is 1.95. The van der Waals surface area contributed by atoms with E-state index in [1.807, 2.05) is 13.8 Å². The molecule has 2 N–H and O–H groups in total. The molecule has 1 aromatic heterocycles. The summed E-state index contributed by atoms with van der Waals surface area (Å²) in [4.78, 5) is 26.3. The Morgan fingerprint density at radius 2 is 1.94 bits per heavy atom. The molecular weight excluding hydrogens is 232 g/mol. The van der Waals surface area contributed by atoms with Crippen LogP contribution in [-0.2, 0) is 0 Å². The van der Waals surface area contributed by atoms with Crippen molar-refractivity contribution < 1.29 is 14.7 Å². The molecule has 0 fully saturated rings. The largest absolute Gasteiger partial charge is 0.477 e. The number of hydrogen-bond acceptors (Lipinski definition) is 3. The summed E-state index contributed by atoms with van der Waals surface area (Å²) in [7, 11) is 0. The fraction of sp³-hybridized carbons (Fsp3) is 0.462. The second kappa shape index (κ2) is 5.62. The molecule has 0 aliphatic heterocycles. The molecule has 0 unspecified atom stereocenters. The Kier molecular flexibility index (Phi) is 4.42. The maximum absolute atomic E-state index is 11.8. The van der Waals surface area contributed by atoms with E-state index >= 15 is 0 Å². The van der Waals surface area contributed by atoms with E-state index in [-0.39, 0.29) is 22.7 Å². The highest BCUT2D eigenvalue weighted by Crippen LogP contribution is 2.17. The number of rotatable bonds is 5. The quantitative estimate of drug-likeness (QED) is 0.837. The van der Waals surface area contributed by atoms with E-state index in [1.54, 1.807) is 0 Å². The van der Waals surface area contributed by atoms with Gasteiger partial charge in [-0.15, -0.1) is 0 Å². The van der Waals surface area contributed by atoms with Gasteiger partial charge in [-0.25, -0.2) is 9.78 Å². The average Bonchev–Trinajstić information content (AvgIpc) is 2.36. The van der Waals surface area contributed by atoms with Crippen LogP contribution in [0, 0.1) is 5.41 Å². The summed E-state index contributed by atoms with van der Waals surface area (Å²) in [6.07, 6.45) is 0.940. The highest BCUT2D eigenvalue weighted by Gasteiger charge is 2.17. The molecule has 0 saturated heterocycles. The summed E-state index contributed by atoms with van der Waals surface area (Å²) >= 11 is 0. The predicted molar refractivity (Wildman–Crippen MR) is 67.6 cm³/mol. The van der Waals surface area contributed by atoms with Crippen LogP contribution >= 0.6 is 0 Å². The number of nitrogens with zero attached hydrogens (tertiary/aromatic N) is 1. The number of carbonyl (C=O) groups excluding carboxylic acids is 1. The van der Waals surface area contributed by atoms with Gasteiger partial charge in [0.1, 0.15) is 11.4 Å². The van der Waals surface area contributed by atoms with Crippen LogP contribution in [0.1, 0.15) is 48.2 Å². The van der Waals surface area contributed by atoms with Crippen LogP contribution < -0.4 is 5.32 Å². The SMILES string of the molecule is CCC(C)(C)CNC(=O)c1cccc(C(=O)O)n1. The van der Waals surface area contributed by atoms with E-state index < -0.39 is 5.97 Å². The van der Waals surface area contributed by atoms with Gasteiger partial charge in [-0.05, 0) is 24.0 Å². The summed E-state index contributed by atoms with van der Waals surface area (Å²) in [5.74, 6) is -1.49. The highest BCUT2D eigenvalue weighted by molar-refractivity contribution is 5.94. The molecule has 0 saturated carbocycles.